The van der Waals surface area contributed by atoms with E-state index in [1.165, 1.54) is 22.5 Å². The molecule has 32 heavy (non-hydrogen) atoms. The van der Waals surface area contributed by atoms with Crippen LogP contribution in [0.2, 0.25) is 0 Å². The molecule has 0 aromatic heterocycles. The van der Waals surface area contributed by atoms with Crippen molar-refractivity contribution in [1.29, 1.82) is 0 Å². The van der Waals surface area contributed by atoms with Crippen LogP contribution in [0.25, 0.3) is 11.1 Å². The Kier molecular flexibility index (Phi) is 6.01. The molecular formula is C26H31N3O2S. The first-order valence-electron chi connectivity index (χ1n) is 11.0. The monoisotopic (exact) mass is 449 g/mol. The minimum Gasteiger partial charge on any atom is -0.368 e. The number of primary sulfonamides is 1. The lowest BCUT2D eigenvalue weighted by molar-refractivity contribution is 0.597. The van der Waals surface area contributed by atoms with E-state index in [4.69, 9.17) is 5.14 Å². The highest BCUT2D eigenvalue weighted by Crippen LogP contribution is 2.31. The first-order valence-corrected chi connectivity index (χ1v) is 12.5. The molecule has 3 aromatic rings. The van der Waals surface area contributed by atoms with Gasteiger partial charge in [0.15, 0.2) is 0 Å². The fourth-order valence-corrected chi connectivity index (χ4v) is 5.44. The van der Waals surface area contributed by atoms with Gasteiger partial charge in [0.05, 0.1) is 4.90 Å². The predicted molar refractivity (Wildman–Crippen MR) is 133 cm³/mol. The molecule has 4 rings (SSSR count). The van der Waals surface area contributed by atoms with E-state index in [1.807, 2.05) is 19.9 Å². The summed E-state index contributed by atoms with van der Waals surface area (Å²) < 4.78 is 24.0. The lowest BCUT2D eigenvalue weighted by Crippen LogP contribution is -2.46. The number of hydrogen-bond acceptors (Lipinski definition) is 4. The van der Waals surface area contributed by atoms with Crippen molar-refractivity contribution in [1.82, 2.24) is 0 Å². The van der Waals surface area contributed by atoms with Crippen molar-refractivity contribution in [2.75, 3.05) is 36.0 Å². The van der Waals surface area contributed by atoms with Crippen LogP contribution < -0.4 is 14.9 Å². The van der Waals surface area contributed by atoms with E-state index in [-0.39, 0.29) is 4.90 Å². The fourth-order valence-electron chi connectivity index (χ4n) is 4.56. The maximum atomic E-state index is 12.0. The van der Waals surface area contributed by atoms with Crippen molar-refractivity contribution in [3.8, 4) is 11.1 Å². The molecule has 1 aliphatic rings. The molecule has 1 fully saturated rings. The zero-order valence-corrected chi connectivity index (χ0v) is 20.0. The van der Waals surface area contributed by atoms with Gasteiger partial charge in [-0.15, -0.1) is 0 Å². The third-order valence-electron chi connectivity index (χ3n) is 6.55. The number of piperazine rings is 1. The van der Waals surface area contributed by atoms with Crippen LogP contribution in [-0.4, -0.2) is 34.6 Å². The van der Waals surface area contributed by atoms with Crippen molar-refractivity contribution >= 4 is 21.4 Å². The molecule has 2 N–H and O–H groups in total. The summed E-state index contributed by atoms with van der Waals surface area (Å²) >= 11 is 0. The lowest BCUT2D eigenvalue weighted by atomic mass is 9.98. The Morgan fingerprint density at radius 2 is 1.41 bits per heavy atom. The number of benzene rings is 3. The van der Waals surface area contributed by atoms with Crippen LogP contribution in [0.5, 0.6) is 0 Å². The fraction of sp³-hybridized carbons (Fsp3) is 0.308. The highest BCUT2D eigenvalue weighted by Gasteiger charge is 2.20. The third kappa shape index (κ3) is 4.38. The van der Waals surface area contributed by atoms with Gasteiger partial charge in [-0.05, 0) is 85.3 Å². The minimum absolute atomic E-state index is 0.194. The molecule has 168 valence electrons. The molecule has 1 heterocycles. The number of hydrogen-bond donors (Lipinski definition) is 1. The molecular weight excluding hydrogens is 418 g/mol. The van der Waals surface area contributed by atoms with Gasteiger partial charge in [0.25, 0.3) is 0 Å². The molecule has 6 heteroatoms. The molecule has 1 saturated heterocycles. The maximum Gasteiger partial charge on any atom is 0.238 e. The smallest absolute Gasteiger partial charge is 0.238 e. The number of aryl methyl sites for hydroxylation is 2. The first kappa shape index (κ1) is 22.4. The van der Waals surface area contributed by atoms with Crippen molar-refractivity contribution in [3.05, 3.63) is 76.9 Å². The number of nitrogens with two attached hydrogens (primary N) is 1. The van der Waals surface area contributed by atoms with E-state index in [2.05, 4.69) is 66.1 Å². The maximum absolute atomic E-state index is 12.0. The summed E-state index contributed by atoms with van der Waals surface area (Å²) in [5.74, 6) is 0. The highest BCUT2D eigenvalue weighted by molar-refractivity contribution is 7.89. The zero-order chi connectivity index (χ0) is 23.0. The van der Waals surface area contributed by atoms with Gasteiger partial charge in [-0.1, -0.05) is 30.3 Å². The van der Waals surface area contributed by atoms with Gasteiger partial charge in [0.2, 0.25) is 10.0 Å². The van der Waals surface area contributed by atoms with Crippen molar-refractivity contribution in [3.63, 3.8) is 0 Å². The van der Waals surface area contributed by atoms with E-state index in [1.54, 1.807) is 6.07 Å². The average molecular weight is 450 g/mol. The van der Waals surface area contributed by atoms with Crippen LogP contribution in [0.1, 0.15) is 22.3 Å². The van der Waals surface area contributed by atoms with E-state index in [0.29, 0.717) is 5.56 Å². The molecule has 0 saturated carbocycles. The number of nitrogens with zero attached hydrogens (tertiary/aromatic N) is 2. The van der Waals surface area contributed by atoms with Gasteiger partial charge in [-0.2, -0.15) is 0 Å². The molecule has 0 atom stereocenters. The number of anilines is 2. The third-order valence-corrected chi connectivity index (χ3v) is 7.59. The highest BCUT2D eigenvalue weighted by atomic mass is 32.2. The van der Waals surface area contributed by atoms with Crippen LogP contribution in [0.3, 0.4) is 0 Å². The van der Waals surface area contributed by atoms with E-state index < -0.39 is 10.0 Å². The van der Waals surface area contributed by atoms with Gasteiger partial charge in [-0.3, -0.25) is 0 Å². The normalized spacial score (nSPS) is 14.7. The van der Waals surface area contributed by atoms with E-state index >= 15 is 0 Å². The molecule has 0 aliphatic carbocycles. The summed E-state index contributed by atoms with van der Waals surface area (Å²) in [6.45, 7) is 12.0. The summed E-state index contributed by atoms with van der Waals surface area (Å²) in [5, 5.41) is 5.43. The van der Waals surface area contributed by atoms with E-state index in [0.717, 1.165) is 42.9 Å². The van der Waals surface area contributed by atoms with Gasteiger partial charge in [0.1, 0.15) is 0 Å². The second-order valence-corrected chi connectivity index (χ2v) is 10.3. The summed E-state index contributed by atoms with van der Waals surface area (Å²) in [4.78, 5) is 5.07. The Balaban J connectivity index is 1.52. The molecule has 0 bridgehead atoms. The van der Waals surface area contributed by atoms with Crippen LogP contribution in [0, 0.1) is 27.7 Å². The second-order valence-electron chi connectivity index (χ2n) is 8.72. The van der Waals surface area contributed by atoms with Crippen LogP contribution in [-0.2, 0) is 10.0 Å². The van der Waals surface area contributed by atoms with Gasteiger partial charge in [0, 0.05) is 37.6 Å². The average Bonchev–Trinajstić information content (AvgIpc) is 2.76. The van der Waals surface area contributed by atoms with Crippen molar-refractivity contribution < 1.29 is 8.42 Å². The van der Waals surface area contributed by atoms with Crippen LogP contribution in [0.4, 0.5) is 11.4 Å². The lowest BCUT2D eigenvalue weighted by Gasteiger charge is -2.38. The molecule has 0 radical (unpaired) electrons. The minimum atomic E-state index is -3.76. The molecule has 5 nitrogen and oxygen atoms in total. The van der Waals surface area contributed by atoms with Crippen LogP contribution in [0.15, 0.2) is 59.5 Å². The second kappa shape index (κ2) is 8.60. The quantitative estimate of drug-likeness (QED) is 0.634. The van der Waals surface area contributed by atoms with Crippen molar-refractivity contribution in [2.45, 2.75) is 32.6 Å². The SMILES string of the molecule is Cc1cc(-c2ccc(N3CCN(c4cccc(C)c4C)CC3)cc2)c(C)c(S(N)(=O)=O)c1. The Morgan fingerprint density at radius 3 is 2.03 bits per heavy atom. The number of rotatable bonds is 4. The Hall–Kier alpha value is -2.83. The van der Waals surface area contributed by atoms with Gasteiger partial charge in [-0.25, -0.2) is 13.6 Å². The Bertz CT molecular complexity index is 1240. The first-order chi connectivity index (χ1) is 15.1. The molecule has 1 aliphatic heterocycles. The summed E-state index contributed by atoms with van der Waals surface area (Å²) in [5.41, 5.74) is 8.67. The van der Waals surface area contributed by atoms with E-state index in [9.17, 15) is 8.42 Å². The Morgan fingerprint density at radius 1 is 0.781 bits per heavy atom. The predicted octanol–water partition coefficient (Wildman–Crippen LogP) is 4.56. The summed E-state index contributed by atoms with van der Waals surface area (Å²) in [6, 6.07) is 18.6. The molecule has 3 aromatic carbocycles. The summed E-state index contributed by atoms with van der Waals surface area (Å²) in [7, 11) is -3.76. The number of sulfonamides is 1. The van der Waals surface area contributed by atoms with Gasteiger partial charge < -0.3 is 9.80 Å². The van der Waals surface area contributed by atoms with Crippen molar-refractivity contribution in [2.24, 2.45) is 5.14 Å². The topological polar surface area (TPSA) is 66.6 Å². The molecule has 0 unspecified atom stereocenters. The summed E-state index contributed by atoms with van der Waals surface area (Å²) in [6.07, 6.45) is 0. The largest absolute Gasteiger partial charge is 0.368 e. The van der Waals surface area contributed by atoms with Gasteiger partial charge >= 0.3 is 0 Å². The molecule has 0 amide bonds. The van der Waals surface area contributed by atoms with Crippen LogP contribution >= 0.6 is 0 Å². The molecule has 0 spiro atoms. The Labute approximate surface area is 191 Å². The standard InChI is InChI=1S/C26H31N3O2S/c1-18-16-24(21(4)26(17-18)32(27,30)31)22-8-10-23(11-9-22)28-12-14-29(15-13-28)25-7-5-6-19(2)20(25)3/h5-11,16-17H,12-15H2,1-4H3,(H2,27,30,31). The zero-order valence-electron chi connectivity index (χ0n) is 19.2.